The maximum atomic E-state index is 6.40. The number of fused-ring (bicyclic) bond motifs is 1. The summed E-state index contributed by atoms with van der Waals surface area (Å²) in [6.45, 7) is 17.0. The van der Waals surface area contributed by atoms with Crippen molar-refractivity contribution in [2.24, 2.45) is 11.5 Å². The fourth-order valence-corrected chi connectivity index (χ4v) is 4.71. The molecular formula is C30H39N3. The smallest absolute Gasteiger partial charge is 0.0450 e. The van der Waals surface area contributed by atoms with Gasteiger partial charge in [-0.1, -0.05) is 82.8 Å². The molecule has 4 N–H and O–H groups in total. The lowest BCUT2D eigenvalue weighted by atomic mass is 9.76. The van der Waals surface area contributed by atoms with Gasteiger partial charge in [-0.3, -0.25) is 0 Å². The average molecular weight is 442 g/mol. The Morgan fingerprint density at radius 2 is 1.73 bits per heavy atom. The maximum absolute atomic E-state index is 6.40. The van der Waals surface area contributed by atoms with E-state index >= 15 is 0 Å². The molecule has 0 bridgehead atoms. The van der Waals surface area contributed by atoms with Crippen LogP contribution in [0.4, 0.5) is 5.69 Å². The van der Waals surface area contributed by atoms with Gasteiger partial charge in [-0.2, -0.15) is 0 Å². The molecule has 0 aromatic heterocycles. The zero-order valence-electron chi connectivity index (χ0n) is 20.9. The van der Waals surface area contributed by atoms with Crippen LogP contribution in [0.5, 0.6) is 0 Å². The van der Waals surface area contributed by atoms with E-state index in [-0.39, 0.29) is 10.8 Å². The van der Waals surface area contributed by atoms with Gasteiger partial charge in [0.05, 0.1) is 0 Å². The highest BCUT2D eigenvalue weighted by Gasteiger charge is 2.39. The zero-order valence-corrected chi connectivity index (χ0v) is 20.9. The largest absolute Gasteiger partial charge is 0.399 e. The van der Waals surface area contributed by atoms with Gasteiger partial charge in [-0.05, 0) is 66.4 Å². The van der Waals surface area contributed by atoms with E-state index in [4.69, 9.17) is 11.5 Å². The van der Waals surface area contributed by atoms with E-state index in [0.717, 1.165) is 18.5 Å². The summed E-state index contributed by atoms with van der Waals surface area (Å²) in [6.07, 6.45) is 9.10. The molecule has 0 amide bonds. The summed E-state index contributed by atoms with van der Waals surface area (Å²) in [5, 5.41) is 0. The molecule has 174 valence electrons. The van der Waals surface area contributed by atoms with Crippen LogP contribution in [0, 0.1) is 6.92 Å². The van der Waals surface area contributed by atoms with E-state index in [1.165, 1.54) is 28.1 Å². The SMILES string of the molecule is C=C(/C=C/C(N)=C/C=C1/N(CCCN)c2ccccc2C1(C)C)C(C)(C)c1ccccc1C. The van der Waals surface area contributed by atoms with Gasteiger partial charge in [0, 0.05) is 34.5 Å². The van der Waals surface area contributed by atoms with E-state index in [1.807, 2.05) is 18.2 Å². The van der Waals surface area contributed by atoms with Crippen molar-refractivity contribution >= 4 is 5.69 Å². The summed E-state index contributed by atoms with van der Waals surface area (Å²) in [7, 11) is 0. The molecule has 0 saturated carbocycles. The molecule has 0 saturated heterocycles. The third-order valence-electron chi connectivity index (χ3n) is 6.92. The van der Waals surface area contributed by atoms with Crippen molar-refractivity contribution in [3.8, 4) is 0 Å². The normalized spacial score (nSPS) is 17.1. The lowest BCUT2D eigenvalue weighted by Crippen LogP contribution is -2.28. The lowest BCUT2D eigenvalue weighted by Gasteiger charge is -2.28. The van der Waals surface area contributed by atoms with Gasteiger partial charge in [0.15, 0.2) is 0 Å². The minimum atomic E-state index is -0.172. The maximum Gasteiger partial charge on any atom is 0.0450 e. The molecule has 3 heteroatoms. The van der Waals surface area contributed by atoms with E-state index in [1.54, 1.807) is 0 Å². The average Bonchev–Trinajstić information content (AvgIpc) is 3.00. The predicted molar refractivity (Wildman–Crippen MR) is 143 cm³/mol. The van der Waals surface area contributed by atoms with E-state index in [0.29, 0.717) is 12.2 Å². The van der Waals surface area contributed by atoms with E-state index < -0.39 is 0 Å². The molecule has 2 aromatic rings. The highest BCUT2D eigenvalue weighted by atomic mass is 15.2. The third-order valence-corrected chi connectivity index (χ3v) is 6.92. The Morgan fingerprint density at radius 3 is 2.42 bits per heavy atom. The van der Waals surface area contributed by atoms with Crippen molar-refractivity contribution in [2.45, 2.75) is 51.9 Å². The Hall–Kier alpha value is -3.04. The fourth-order valence-electron chi connectivity index (χ4n) is 4.71. The van der Waals surface area contributed by atoms with Crippen molar-refractivity contribution in [3.63, 3.8) is 0 Å². The number of hydrogen-bond acceptors (Lipinski definition) is 3. The fraction of sp³-hybridized carbons (Fsp3) is 0.333. The van der Waals surface area contributed by atoms with Crippen molar-refractivity contribution in [3.05, 3.63) is 113 Å². The molecule has 3 nitrogen and oxygen atoms in total. The number of rotatable bonds is 8. The van der Waals surface area contributed by atoms with Crippen molar-refractivity contribution in [1.82, 2.24) is 0 Å². The van der Waals surface area contributed by atoms with Crippen LogP contribution in [0.3, 0.4) is 0 Å². The number of nitrogens with zero attached hydrogens (tertiary/aromatic N) is 1. The number of benzene rings is 2. The zero-order chi connectivity index (χ0) is 24.2. The van der Waals surface area contributed by atoms with Crippen LogP contribution in [0.25, 0.3) is 0 Å². The molecule has 1 heterocycles. The second kappa shape index (κ2) is 9.84. The summed E-state index contributed by atoms with van der Waals surface area (Å²) in [5.74, 6) is 0. The van der Waals surface area contributed by atoms with Crippen molar-refractivity contribution in [2.75, 3.05) is 18.0 Å². The molecule has 1 aliphatic rings. The van der Waals surface area contributed by atoms with Crippen LogP contribution in [0.15, 0.2) is 96.4 Å². The van der Waals surface area contributed by atoms with Crippen LogP contribution in [0.1, 0.15) is 50.8 Å². The Labute approximate surface area is 200 Å². The molecule has 33 heavy (non-hydrogen) atoms. The first kappa shape index (κ1) is 24.6. The number of nitrogens with two attached hydrogens (primary N) is 2. The highest BCUT2D eigenvalue weighted by Crippen LogP contribution is 2.47. The summed E-state index contributed by atoms with van der Waals surface area (Å²) in [5.41, 5.74) is 20.1. The number of para-hydroxylation sites is 1. The summed E-state index contributed by atoms with van der Waals surface area (Å²) >= 11 is 0. The molecule has 1 aliphatic heterocycles. The van der Waals surface area contributed by atoms with Crippen LogP contribution in [0.2, 0.25) is 0 Å². The van der Waals surface area contributed by atoms with Crippen LogP contribution in [-0.4, -0.2) is 13.1 Å². The number of anilines is 1. The monoisotopic (exact) mass is 441 g/mol. The van der Waals surface area contributed by atoms with Crippen molar-refractivity contribution < 1.29 is 0 Å². The molecule has 0 fully saturated rings. The van der Waals surface area contributed by atoms with Gasteiger partial charge in [0.1, 0.15) is 0 Å². The van der Waals surface area contributed by atoms with Crippen LogP contribution >= 0.6 is 0 Å². The number of allylic oxidation sites excluding steroid dienone is 6. The standard InChI is InChI=1S/C30H39N3/c1-22-12-7-8-13-25(22)29(3,4)23(2)16-17-24(32)18-19-28-30(5,6)26-14-9-10-15-27(26)33(28)21-11-20-31/h7-10,12-19H,2,11,20-21,31-32H2,1,3-6H3/b17-16+,24-18-,28-19+. The summed E-state index contributed by atoms with van der Waals surface area (Å²) in [4.78, 5) is 2.38. The molecule has 0 spiro atoms. The summed E-state index contributed by atoms with van der Waals surface area (Å²) in [6, 6.07) is 17.1. The van der Waals surface area contributed by atoms with Gasteiger partial charge in [0.25, 0.3) is 0 Å². The number of aryl methyl sites for hydroxylation is 1. The Morgan fingerprint density at radius 1 is 1.06 bits per heavy atom. The van der Waals surface area contributed by atoms with Crippen LogP contribution in [-0.2, 0) is 10.8 Å². The Kier molecular flexibility index (Phi) is 7.34. The quantitative estimate of drug-likeness (QED) is 0.476. The van der Waals surface area contributed by atoms with E-state index in [9.17, 15) is 0 Å². The first-order chi connectivity index (χ1) is 15.6. The predicted octanol–water partition coefficient (Wildman–Crippen LogP) is 6.26. The molecule has 2 aromatic carbocycles. The van der Waals surface area contributed by atoms with Crippen LogP contribution < -0.4 is 16.4 Å². The topological polar surface area (TPSA) is 55.3 Å². The lowest BCUT2D eigenvalue weighted by molar-refractivity contribution is 0.626. The molecular weight excluding hydrogens is 402 g/mol. The Balaban J connectivity index is 1.85. The van der Waals surface area contributed by atoms with Gasteiger partial charge < -0.3 is 16.4 Å². The van der Waals surface area contributed by atoms with Gasteiger partial charge >= 0.3 is 0 Å². The minimum Gasteiger partial charge on any atom is -0.399 e. The molecule has 0 aliphatic carbocycles. The Bertz CT molecular complexity index is 1100. The van der Waals surface area contributed by atoms with Gasteiger partial charge in [-0.25, -0.2) is 0 Å². The van der Waals surface area contributed by atoms with E-state index in [2.05, 4.69) is 101 Å². The molecule has 0 unspecified atom stereocenters. The molecule has 0 atom stereocenters. The first-order valence-electron chi connectivity index (χ1n) is 11.8. The first-order valence-corrected chi connectivity index (χ1v) is 11.8. The third kappa shape index (κ3) is 4.99. The molecule has 0 radical (unpaired) electrons. The highest BCUT2D eigenvalue weighted by molar-refractivity contribution is 5.70. The minimum absolute atomic E-state index is 0.0951. The van der Waals surface area contributed by atoms with Crippen molar-refractivity contribution in [1.29, 1.82) is 0 Å². The molecule has 3 rings (SSSR count). The van der Waals surface area contributed by atoms with Gasteiger partial charge in [0.2, 0.25) is 0 Å². The second-order valence-corrected chi connectivity index (χ2v) is 9.95. The second-order valence-electron chi connectivity index (χ2n) is 9.95. The summed E-state index contributed by atoms with van der Waals surface area (Å²) < 4.78 is 0. The number of hydrogen-bond donors (Lipinski definition) is 2. The van der Waals surface area contributed by atoms with Gasteiger partial charge in [-0.15, -0.1) is 0 Å².